The third kappa shape index (κ3) is 4.66. The molecule has 1 N–H and O–H groups in total. The number of nitrogens with zero attached hydrogens (tertiary/aromatic N) is 2. The maximum atomic E-state index is 13.0. The van der Waals surface area contributed by atoms with Crippen molar-refractivity contribution in [1.29, 1.82) is 0 Å². The lowest BCUT2D eigenvalue weighted by Gasteiger charge is -2.29. The van der Waals surface area contributed by atoms with Crippen molar-refractivity contribution in [1.82, 2.24) is 9.80 Å². The Morgan fingerprint density at radius 3 is 2.35 bits per heavy atom. The van der Waals surface area contributed by atoms with Gasteiger partial charge in [0.1, 0.15) is 5.76 Å². The Hall–Kier alpha value is -2.67. The van der Waals surface area contributed by atoms with Crippen LogP contribution in [0.4, 0.5) is 0 Å². The SMILES string of the molecule is O=C1C(=O)N(CCCN2CCOCC2)[C@@H](c2ccc(Cl)cc2)/C1=C(\O)c1ccccc1. The Bertz CT molecular complexity index is 969. The second kappa shape index (κ2) is 9.64. The number of halogens is 1. The van der Waals surface area contributed by atoms with E-state index in [9.17, 15) is 14.7 Å². The molecule has 0 spiro atoms. The summed E-state index contributed by atoms with van der Waals surface area (Å²) in [5.41, 5.74) is 1.37. The van der Waals surface area contributed by atoms with Crippen LogP contribution in [0.15, 0.2) is 60.2 Å². The van der Waals surface area contributed by atoms with Crippen molar-refractivity contribution >= 4 is 29.1 Å². The van der Waals surface area contributed by atoms with Crippen LogP contribution in [-0.4, -0.2) is 66.0 Å². The molecule has 31 heavy (non-hydrogen) atoms. The van der Waals surface area contributed by atoms with E-state index < -0.39 is 17.7 Å². The molecule has 1 atom stereocenters. The van der Waals surface area contributed by atoms with Crippen molar-refractivity contribution in [3.05, 3.63) is 76.3 Å². The van der Waals surface area contributed by atoms with Crippen molar-refractivity contribution in [3.63, 3.8) is 0 Å². The molecule has 7 heteroatoms. The van der Waals surface area contributed by atoms with E-state index in [-0.39, 0.29) is 11.3 Å². The monoisotopic (exact) mass is 440 g/mol. The molecular formula is C24H25ClN2O4. The lowest BCUT2D eigenvalue weighted by atomic mass is 9.95. The summed E-state index contributed by atoms with van der Waals surface area (Å²) in [6.07, 6.45) is 0.725. The topological polar surface area (TPSA) is 70.1 Å². The Balaban J connectivity index is 1.65. The fourth-order valence-corrected chi connectivity index (χ4v) is 4.27. The molecule has 0 aliphatic carbocycles. The lowest BCUT2D eigenvalue weighted by Crippen LogP contribution is -2.38. The highest BCUT2D eigenvalue weighted by Gasteiger charge is 2.45. The number of carbonyl (C=O) groups excluding carboxylic acids is 2. The van der Waals surface area contributed by atoms with Gasteiger partial charge in [-0.2, -0.15) is 0 Å². The van der Waals surface area contributed by atoms with Crippen LogP contribution in [0, 0.1) is 0 Å². The van der Waals surface area contributed by atoms with Crippen LogP contribution in [0.2, 0.25) is 5.02 Å². The quantitative estimate of drug-likeness (QED) is 0.423. The standard InChI is InChI=1S/C24H25ClN2O4/c25-19-9-7-17(8-10-19)21-20(22(28)18-5-2-1-3-6-18)23(29)24(30)27(21)12-4-11-26-13-15-31-16-14-26/h1-3,5-10,21,28H,4,11-16H2/b22-20+/t21-/m0/s1. The van der Waals surface area contributed by atoms with Crippen molar-refractivity contribution in [3.8, 4) is 0 Å². The van der Waals surface area contributed by atoms with Crippen molar-refractivity contribution in [2.75, 3.05) is 39.4 Å². The molecule has 162 valence electrons. The molecule has 2 aliphatic rings. The average molecular weight is 441 g/mol. The number of ketones is 1. The molecule has 2 aromatic rings. The summed E-state index contributed by atoms with van der Waals surface area (Å²) >= 11 is 6.05. The molecule has 0 bridgehead atoms. The second-order valence-electron chi connectivity index (χ2n) is 7.72. The molecule has 0 unspecified atom stereocenters. The minimum Gasteiger partial charge on any atom is -0.507 e. The lowest BCUT2D eigenvalue weighted by molar-refractivity contribution is -0.140. The van der Waals surface area contributed by atoms with Crippen LogP contribution >= 0.6 is 11.6 Å². The molecule has 2 saturated heterocycles. The summed E-state index contributed by atoms with van der Waals surface area (Å²) in [6, 6.07) is 15.2. The highest BCUT2D eigenvalue weighted by atomic mass is 35.5. The van der Waals surface area contributed by atoms with Gasteiger partial charge in [0, 0.05) is 36.8 Å². The Morgan fingerprint density at radius 1 is 1.00 bits per heavy atom. The van der Waals surface area contributed by atoms with Crippen molar-refractivity contribution in [2.45, 2.75) is 12.5 Å². The third-order valence-corrected chi connectivity index (χ3v) is 6.00. The molecule has 2 fully saturated rings. The van der Waals surface area contributed by atoms with Gasteiger partial charge in [0.25, 0.3) is 11.7 Å². The molecule has 2 aromatic carbocycles. The minimum atomic E-state index is -0.660. The van der Waals surface area contributed by atoms with Gasteiger partial charge in [0.2, 0.25) is 0 Å². The maximum Gasteiger partial charge on any atom is 0.295 e. The molecule has 4 rings (SSSR count). The van der Waals surface area contributed by atoms with E-state index in [2.05, 4.69) is 4.90 Å². The van der Waals surface area contributed by atoms with E-state index >= 15 is 0 Å². The van der Waals surface area contributed by atoms with E-state index in [0.717, 1.165) is 31.6 Å². The summed E-state index contributed by atoms with van der Waals surface area (Å²) in [5.74, 6) is -1.40. The molecule has 6 nitrogen and oxygen atoms in total. The van der Waals surface area contributed by atoms with E-state index in [0.29, 0.717) is 30.3 Å². The number of aliphatic hydroxyl groups excluding tert-OH is 1. The summed E-state index contributed by atoms with van der Waals surface area (Å²) in [6.45, 7) is 4.40. The van der Waals surface area contributed by atoms with Gasteiger partial charge in [-0.25, -0.2) is 0 Å². The number of morpholine rings is 1. The van der Waals surface area contributed by atoms with Crippen LogP contribution in [0.5, 0.6) is 0 Å². The van der Waals surface area contributed by atoms with E-state index in [1.165, 1.54) is 0 Å². The Kier molecular flexibility index (Phi) is 6.70. The molecule has 0 saturated carbocycles. The number of Topliss-reactive ketones (excluding diaryl/α,β-unsaturated/α-hetero) is 1. The van der Waals surface area contributed by atoms with E-state index in [1.807, 2.05) is 6.07 Å². The molecule has 2 aliphatic heterocycles. The van der Waals surface area contributed by atoms with Crippen LogP contribution in [0.3, 0.4) is 0 Å². The summed E-state index contributed by atoms with van der Waals surface area (Å²) in [5, 5.41) is 11.5. The number of benzene rings is 2. The number of hydrogen-bond acceptors (Lipinski definition) is 5. The Morgan fingerprint density at radius 2 is 1.68 bits per heavy atom. The number of ether oxygens (including phenoxy) is 1. The van der Waals surface area contributed by atoms with Gasteiger partial charge in [-0.1, -0.05) is 54.1 Å². The van der Waals surface area contributed by atoms with Crippen LogP contribution in [0.1, 0.15) is 23.6 Å². The first-order valence-corrected chi connectivity index (χ1v) is 10.8. The van der Waals surface area contributed by atoms with Gasteiger partial charge in [0.05, 0.1) is 24.8 Å². The molecule has 1 amide bonds. The fraction of sp³-hybridized carbons (Fsp3) is 0.333. The number of aliphatic hydroxyl groups is 1. The van der Waals surface area contributed by atoms with Gasteiger partial charge in [-0.3, -0.25) is 14.5 Å². The molecule has 0 aromatic heterocycles. The van der Waals surface area contributed by atoms with Gasteiger partial charge in [0.15, 0.2) is 0 Å². The van der Waals surface area contributed by atoms with Gasteiger partial charge >= 0.3 is 0 Å². The van der Waals surface area contributed by atoms with Crippen molar-refractivity contribution in [2.24, 2.45) is 0 Å². The fourth-order valence-electron chi connectivity index (χ4n) is 4.14. The van der Waals surface area contributed by atoms with Gasteiger partial charge in [-0.15, -0.1) is 0 Å². The zero-order valence-electron chi connectivity index (χ0n) is 17.2. The molecule has 2 heterocycles. The van der Waals surface area contributed by atoms with Gasteiger partial charge < -0.3 is 14.7 Å². The van der Waals surface area contributed by atoms with Crippen LogP contribution in [0.25, 0.3) is 5.76 Å². The summed E-state index contributed by atoms with van der Waals surface area (Å²) in [4.78, 5) is 29.8. The minimum absolute atomic E-state index is 0.116. The summed E-state index contributed by atoms with van der Waals surface area (Å²) < 4.78 is 5.38. The number of likely N-dealkylation sites (tertiary alicyclic amines) is 1. The normalized spacial score (nSPS) is 21.6. The first kappa shape index (κ1) is 21.6. The first-order valence-electron chi connectivity index (χ1n) is 10.5. The van der Waals surface area contributed by atoms with Crippen molar-refractivity contribution < 1.29 is 19.4 Å². The molecular weight excluding hydrogens is 416 g/mol. The summed E-state index contributed by atoms with van der Waals surface area (Å²) in [7, 11) is 0. The number of rotatable bonds is 6. The number of amides is 1. The average Bonchev–Trinajstić information content (AvgIpc) is 3.05. The van der Waals surface area contributed by atoms with Crippen LogP contribution in [-0.2, 0) is 14.3 Å². The Labute approximate surface area is 186 Å². The number of carbonyl (C=O) groups is 2. The van der Waals surface area contributed by atoms with Crippen LogP contribution < -0.4 is 0 Å². The maximum absolute atomic E-state index is 13.0. The predicted molar refractivity (Wildman–Crippen MR) is 119 cm³/mol. The predicted octanol–water partition coefficient (Wildman–Crippen LogP) is 3.48. The smallest absolute Gasteiger partial charge is 0.295 e. The zero-order valence-corrected chi connectivity index (χ0v) is 17.9. The largest absolute Gasteiger partial charge is 0.507 e. The van der Waals surface area contributed by atoms with E-state index in [4.69, 9.17) is 16.3 Å². The number of hydrogen-bond donors (Lipinski definition) is 1. The van der Waals surface area contributed by atoms with E-state index in [1.54, 1.807) is 53.4 Å². The highest BCUT2D eigenvalue weighted by Crippen LogP contribution is 2.39. The highest BCUT2D eigenvalue weighted by molar-refractivity contribution is 6.46. The zero-order chi connectivity index (χ0) is 21.8. The second-order valence-corrected chi connectivity index (χ2v) is 8.15. The molecule has 0 radical (unpaired) electrons. The van der Waals surface area contributed by atoms with Gasteiger partial charge in [-0.05, 0) is 24.1 Å². The third-order valence-electron chi connectivity index (χ3n) is 5.75. The first-order chi connectivity index (χ1) is 15.1.